The summed E-state index contributed by atoms with van der Waals surface area (Å²) in [5.41, 5.74) is 3.05. The molecule has 0 aromatic heterocycles. The molecule has 0 spiro atoms. The predicted molar refractivity (Wildman–Crippen MR) is 76.9 cm³/mol. The molecule has 19 heavy (non-hydrogen) atoms. The third-order valence-electron chi connectivity index (χ3n) is 4.37. The van der Waals surface area contributed by atoms with E-state index >= 15 is 0 Å². The molecule has 102 valence electrons. The first-order valence-corrected chi connectivity index (χ1v) is 7.37. The SMILES string of the molecule is CCc1cc(Cl)c2c(c1)[C@H]1CN(CC)C[C@@H]1NC2=O. The fourth-order valence-corrected chi connectivity index (χ4v) is 3.60. The molecule has 1 aromatic carbocycles. The van der Waals surface area contributed by atoms with Gasteiger partial charge in [0, 0.05) is 25.0 Å². The van der Waals surface area contributed by atoms with Gasteiger partial charge >= 0.3 is 0 Å². The molecular weight excluding hydrogens is 260 g/mol. The Kier molecular flexibility index (Phi) is 3.27. The topological polar surface area (TPSA) is 32.3 Å². The van der Waals surface area contributed by atoms with Crippen LogP contribution in [0.2, 0.25) is 5.02 Å². The Balaban J connectivity index is 2.08. The van der Waals surface area contributed by atoms with Crippen molar-refractivity contribution in [2.75, 3.05) is 19.6 Å². The van der Waals surface area contributed by atoms with Gasteiger partial charge in [-0.1, -0.05) is 31.5 Å². The van der Waals surface area contributed by atoms with Gasteiger partial charge in [0.15, 0.2) is 0 Å². The smallest absolute Gasteiger partial charge is 0.253 e. The number of aryl methyl sites for hydroxylation is 1. The zero-order chi connectivity index (χ0) is 13.6. The lowest BCUT2D eigenvalue weighted by molar-refractivity contribution is 0.0923. The van der Waals surface area contributed by atoms with Gasteiger partial charge < -0.3 is 10.2 Å². The summed E-state index contributed by atoms with van der Waals surface area (Å²) in [4.78, 5) is 14.6. The monoisotopic (exact) mass is 278 g/mol. The normalized spacial score (nSPS) is 25.9. The Bertz CT molecular complexity index is 529. The molecule has 3 nitrogen and oxygen atoms in total. The number of hydrogen-bond donors (Lipinski definition) is 1. The van der Waals surface area contributed by atoms with E-state index in [1.54, 1.807) is 0 Å². The van der Waals surface area contributed by atoms with E-state index in [0.29, 0.717) is 16.5 Å². The number of rotatable bonds is 2. The first-order chi connectivity index (χ1) is 9.13. The molecule has 2 atom stereocenters. The van der Waals surface area contributed by atoms with Crippen LogP contribution in [0.5, 0.6) is 0 Å². The number of nitrogens with one attached hydrogen (secondary N) is 1. The van der Waals surface area contributed by atoms with Crippen LogP contribution in [0.1, 0.15) is 41.3 Å². The number of carbonyl (C=O) groups excluding carboxylic acids is 1. The summed E-state index contributed by atoms with van der Waals surface area (Å²) in [6.45, 7) is 7.26. The fourth-order valence-electron chi connectivity index (χ4n) is 3.27. The van der Waals surface area contributed by atoms with Crippen LogP contribution >= 0.6 is 11.6 Å². The molecule has 0 aliphatic carbocycles. The minimum atomic E-state index is -0.0122. The lowest BCUT2D eigenvalue weighted by Crippen LogP contribution is -2.44. The molecule has 1 aromatic rings. The van der Waals surface area contributed by atoms with Crippen molar-refractivity contribution in [3.63, 3.8) is 0 Å². The van der Waals surface area contributed by atoms with Gasteiger partial charge in [0.2, 0.25) is 0 Å². The lowest BCUT2D eigenvalue weighted by atomic mass is 9.85. The largest absolute Gasteiger partial charge is 0.347 e. The number of halogens is 1. The molecule has 0 saturated carbocycles. The molecular formula is C15H19ClN2O. The van der Waals surface area contributed by atoms with Crippen LogP contribution in [0.3, 0.4) is 0 Å². The summed E-state index contributed by atoms with van der Waals surface area (Å²) < 4.78 is 0. The molecule has 1 saturated heterocycles. The number of likely N-dealkylation sites (N-methyl/N-ethyl adjacent to an activating group) is 1. The number of fused-ring (bicyclic) bond motifs is 3. The minimum absolute atomic E-state index is 0.0122. The predicted octanol–water partition coefficient (Wildman–Crippen LogP) is 2.43. The van der Waals surface area contributed by atoms with Crippen LogP contribution in [0.25, 0.3) is 0 Å². The number of carbonyl (C=O) groups is 1. The minimum Gasteiger partial charge on any atom is -0.347 e. The highest BCUT2D eigenvalue weighted by molar-refractivity contribution is 6.34. The van der Waals surface area contributed by atoms with Gasteiger partial charge in [-0.05, 0) is 30.2 Å². The number of nitrogens with zero attached hydrogens (tertiary/aromatic N) is 1. The fraction of sp³-hybridized carbons (Fsp3) is 0.533. The molecule has 2 aliphatic rings. The van der Waals surface area contributed by atoms with Gasteiger partial charge in [-0.2, -0.15) is 0 Å². The van der Waals surface area contributed by atoms with E-state index in [9.17, 15) is 4.79 Å². The second-order valence-corrected chi connectivity index (χ2v) is 5.84. The van der Waals surface area contributed by atoms with Crippen molar-refractivity contribution < 1.29 is 4.79 Å². The molecule has 0 unspecified atom stereocenters. The average Bonchev–Trinajstić information content (AvgIpc) is 2.81. The van der Waals surface area contributed by atoms with E-state index < -0.39 is 0 Å². The Morgan fingerprint density at radius 2 is 2.16 bits per heavy atom. The van der Waals surface area contributed by atoms with Crippen LogP contribution in [-0.4, -0.2) is 36.5 Å². The van der Waals surface area contributed by atoms with Gasteiger partial charge in [-0.3, -0.25) is 4.79 Å². The Morgan fingerprint density at radius 3 is 2.84 bits per heavy atom. The summed E-state index contributed by atoms with van der Waals surface area (Å²) in [5, 5.41) is 3.71. The maximum absolute atomic E-state index is 12.2. The van der Waals surface area contributed by atoms with Crippen LogP contribution in [-0.2, 0) is 6.42 Å². The molecule has 1 N–H and O–H groups in total. The number of likely N-dealkylation sites (tertiary alicyclic amines) is 1. The highest BCUT2D eigenvalue weighted by Gasteiger charge is 2.40. The Hall–Kier alpha value is -1.06. The highest BCUT2D eigenvalue weighted by Crippen LogP contribution is 2.37. The maximum Gasteiger partial charge on any atom is 0.253 e. The van der Waals surface area contributed by atoms with Gasteiger partial charge in [0.25, 0.3) is 5.91 Å². The molecule has 2 heterocycles. The van der Waals surface area contributed by atoms with Crippen molar-refractivity contribution >= 4 is 17.5 Å². The Morgan fingerprint density at radius 1 is 1.37 bits per heavy atom. The zero-order valence-electron chi connectivity index (χ0n) is 11.4. The summed E-state index contributed by atoms with van der Waals surface area (Å²) in [6.07, 6.45) is 0.948. The van der Waals surface area contributed by atoms with Crippen molar-refractivity contribution in [2.24, 2.45) is 0 Å². The van der Waals surface area contributed by atoms with Gasteiger partial charge in [-0.15, -0.1) is 0 Å². The van der Waals surface area contributed by atoms with Crippen LogP contribution in [0.4, 0.5) is 0 Å². The van der Waals surface area contributed by atoms with E-state index in [1.807, 2.05) is 6.07 Å². The van der Waals surface area contributed by atoms with E-state index in [4.69, 9.17) is 11.6 Å². The number of amides is 1. The van der Waals surface area contributed by atoms with Gasteiger partial charge in [0.05, 0.1) is 10.6 Å². The van der Waals surface area contributed by atoms with E-state index in [1.165, 1.54) is 5.56 Å². The Labute approximate surface area is 118 Å². The molecule has 0 bridgehead atoms. The van der Waals surface area contributed by atoms with Crippen LogP contribution in [0.15, 0.2) is 12.1 Å². The van der Waals surface area contributed by atoms with E-state index in [-0.39, 0.29) is 11.9 Å². The zero-order valence-corrected chi connectivity index (χ0v) is 12.1. The summed E-state index contributed by atoms with van der Waals surface area (Å²) in [5.74, 6) is 0.374. The van der Waals surface area contributed by atoms with Crippen molar-refractivity contribution in [2.45, 2.75) is 32.2 Å². The molecule has 3 rings (SSSR count). The average molecular weight is 279 g/mol. The third kappa shape index (κ3) is 2.05. The van der Waals surface area contributed by atoms with Crippen molar-refractivity contribution in [1.29, 1.82) is 0 Å². The quantitative estimate of drug-likeness (QED) is 0.901. The van der Waals surface area contributed by atoms with E-state index in [0.717, 1.165) is 31.6 Å². The van der Waals surface area contributed by atoms with Crippen molar-refractivity contribution in [3.05, 3.63) is 33.8 Å². The number of hydrogen-bond acceptors (Lipinski definition) is 2. The second kappa shape index (κ2) is 4.80. The van der Waals surface area contributed by atoms with Gasteiger partial charge in [-0.25, -0.2) is 0 Å². The van der Waals surface area contributed by atoms with E-state index in [2.05, 4.69) is 30.1 Å². The summed E-state index contributed by atoms with van der Waals surface area (Å²) in [7, 11) is 0. The highest BCUT2D eigenvalue weighted by atomic mass is 35.5. The van der Waals surface area contributed by atoms with Crippen LogP contribution < -0.4 is 5.32 Å². The lowest BCUT2D eigenvalue weighted by Gasteiger charge is -2.29. The summed E-state index contributed by atoms with van der Waals surface area (Å²) in [6, 6.07) is 4.34. The molecule has 0 radical (unpaired) electrons. The number of benzene rings is 1. The first kappa shape index (κ1) is 12.9. The van der Waals surface area contributed by atoms with Crippen molar-refractivity contribution in [3.8, 4) is 0 Å². The molecule has 1 amide bonds. The third-order valence-corrected chi connectivity index (χ3v) is 4.67. The molecule has 2 aliphatic heterocycles. The standard InChI is InChI=1S/C15H19ClN2O/c1-3-9-5-10-11-7-18(4-2)8-13(11)17-15(19)14(10)12(16)6-9/h5-6,11,13H,3-4,7-8H2,1-2H3,(H,17,19)/t11-,13+/m1/s1. The van der Waals surface area contributed by atoms with Crippen LogP contribution in [0, 0.1) is 0 Å². The van der Waals surface area contributed by atoms with Gasteiger partial charge in [0.1, 0.15) is 0 Å². The second-order valence-electron chi connectivity index (χ2n) is 5.43. The first-order valence-electron chi connectivity index (χ1n) is 6.99. The summed E-state index contributed by atoms with van der Waals surface area (Å²) >= 11 is 6.31. The maximum atomic E-state index is 12.2. The molecule has 1 fully saturated rings. The molecule has 4 heteroatoms. The van der Waals surface area contributed by atoms with Crippen molar-refractivity contribution in [1.82, 2.24) is 10.2 Å².